The van der Waals surface area contributed by atoms with Crippen LogP contribution < -0.4 is 9.47 Å². The number of halogens is 3. The molecule has 1 aromatic heterocycles. The highest BCUT2D eigenvalue weighted by atomic mass is 35.5. The van der Waals surface area contributed by atoms with Crippen LogP contribution in [0, 0.1) is 0 Å². The van der Waals surface area contributed by atoms with E-state index in [0.717, 1.165) is 0 Å². The molecule has 6 heteroatoms. The Kier molecular flexibility index (Phi) is 4.08. The molecule has 0 aliphatic heterocycles. The van der Waals surface area contributed by atoms with Gasteiger partial charge in [0.15, 0.2) is 5.75 Å². The number of hydrogen-bond acceptors (Lipinski definition) is 3. The normalized spacial score (nSPS) is 10.5. The summed E-state index contributed by atoms with van der Waals surface area (Å²) in [4.78, 5) is 3.65. The molecule has 0 saturated carbocycles. The van der Waals surface area contributed by atoms with Gasteiger partial charge in [-0.15, -0.1) is 11.6 Å². The van der Waals surface area contributed by atoms with Crippen molar-refractivity contribution in [2.75, 3.05) is 14.2 Å². The van der Waals surface area contributed by atoms with Gasteiger partial charge < -0.3 is 9.47 Å². The van der Waals surface area contributed by atoms with E-state index in [1.165, 1.54) is 20.3 Å². The van der Waals surface area contributed by atoms with Crippen LogP contribution in [0.15, 0.2) is 6.07 Å². The third kappa shape index (κ3) is 2.47. The first-order chi connectivity index (χ1) is 7.13. The Morgan fingerprint density at radius 3 is 2.47 bits per heavy atom. The Morgan fingerprint density at radius 1 is 1.40 bits per heavy atom. The monoisotopic (exact) mass is 237 g/mol. The third-order valence-electron chi connectivity index (χ3n) is 1.83. The smallest absolute Gasteiger partial charge is 0.280 e. The lowest BCUT2D eigenvalue weighted by Crippen LogP contribution is -2.02. The summed E-state index contributed by atoms with van der Waals surface area (Å²) in [5.74, 6) is 0.270. The maximum absolute atomic E-state index is 12.5. The summed E-state index contributed by atoms with van der Waals surface area (Å²) >= 11 is 5.53. The number of methoxy groups -OCH3 is 2. The quantitative estimate of drug-likeness (QED) is 0.755. The van der Waals surface area contributed by atoms with Gasteiger partial charge in [-0.2, -0.15) is 0 Å². The Balaban J connectivity index is 3.27. The standard InChI is InChI=1S/C9H10ClF2NO2/c1-14-6-3-5(4-10)7(8(11)12)13-9(6)15-2/h3,8H,4H2,1-2H3. The Bertz CT molecular complexity index is 347. The van der Waals surface area contributed by atoms with Crippen molar-refractivity contribution < 1.29 is 18.3 Å². The average Bonchev–Trinajstić information content (AvgIpc) is 2.26. The van der Waals surface area contributed by atoms with Crippen LogP contribution in [-0.4, -0.2) is 19.2 Å². The molecule has 0 saturated heterocycles. The molecule has 15 heavy (non-hydrogen) atoms. The topological polar surface area (TPSA) is 31.4 Å². The number of rotatable bonds is 4. The average molecular weight is 238 g/mol. The lowest BCUT2D eigenvalue weighted by molar-refractivity contribution is 0.143. The summed E-state index contributed by atoms with van der Waals surface area (Å²) in [5.41, 5.74) is -0.132. The molecule has 3 nitrogen and oxygen atoms in total. The molecule has 1 aromatic rings. The molecule has 1 heterocycles. The van der Waals surface area contributed by atoms with E-state index in [2.05, 4.69) is 4.98 Å². The summed E-state index contributed by atoms with van der Waals surface area (Å²) in [6, 6.07) is 1.40. The van der Waals surface area contributed by atoms with E-state index in [4.69, 9.17) is 21.1 Å². The minimum atomic E-state index is -2.68. The summed E-state index contributed by atoms with van der Waals surface area (Å²) in [6.45, 7) is 0. The van der Waals surface area contributed by atoms with Gasteiger partial charge in [-0.05, 0) is 11.6 Å². The molecule has 84 valence electrons. The molecule has 0 amide bonds. The second kappa shape index (κ2) is 5.11. The molecular weight excluding hydrogens is 228 g/mol. The van der Waals surface area contributed by atoms with Gasteiger partial charge >= 0.3 is 0 Å². The van der Waals surface area contributed by atoms with Gasteiger partial charge in [-0.1, -0.05) is 0 Å². The van der Waals surface area contributed by atoms with Gasteiger partial charge in [0, 0.05) is 5.88 Å². The Labute approximate surface area is 91.0 Å². The van der Waals surface area contributed by atoms with Crippen LogP contribution in [-0.2, 0) is 5.88 Å². The molecule has 0 spiro atoms. The zero-order chi connectivity index (χ0) is 11.4. The summed E-state index contributed by atoms with van der Waals surface area (Å²) in [5, 5.41) is 0. The van der Waals surface area contributed by atoms with E-state index < -0.39 is 6.43 Å². The third-order valence-corrected chi connectivity index (χ3v) is 2.12. The molecule has 0 aliphatic carbocycles. The largest absolute Gasteiger partial charge is 0.491 e. The van der Waals surface area contributed by atoms with E-state index >= 15 is 0 Å². The van der Waals surface area contributed by atoms with E-state index in [9.17, 15) is 8.78 Å². The number of aromatic nitrogens is 1. The van der Waals surface area contributed by atoms with E-state index in [1.807, 2.05) is 0 Å². The SMILES string of the molecule is COc1cc(CCl)c(C(F)F)nc1OC. The van der Waals surface area contributed by atoms with Crippen LogP contribution in [0.1, 0.15) is 17.7 Å². The molecule has 0 bridgehead atoms. The lowest BCUT2D eigenvalue weighted by atomic mass is 10.2. The van der Waals surface area contributed by atoms with E-state index in [0.29, 0.717) is 0 Å². The lowest BCUT2D eigenvalue weighted by Gasteiger charge is -2.11. The van der Waals surface area contributed by atoms with E-state index in [1.54, 1.807) is 0 Å². The van der Waals surface area contributed by atoms with Gasteiger partial charge in [0.2, 0.25) is 0 Å². The minimum absolute atomic E-state index is 0.0293. The molecule has 0 N–H and O–H groups in total. The van der Waals surface area contributed by atoms with E-state index in [-0.39, 0.29) is 28.8 Å². The fraction of sp³-hybridized carbons (Fsp3) is 0.444. The predicted molar refractivity (Wildman–Crippen MR) is 51.9 cm³/mol. The van der Waals surface area contributed by atoms with Crippen molar-refractivity contribution in [1.29, 1.82) is 0 Å². The van der Waals surface area contributed by atoms with Crippen LogP contribution in [0.25, 0.3) is 0 Å². The molecule has 0 aliphatic rings. The maximum Gasteiger partial charge on any atom is 0.280 e. The van der Waals surface area contributed by atoms with Crippen LogP contribution in [0.2, 0.25) is 0 Å². The second-order valence-corrected chi connectivity index (χ2v) is 2.95. The number of ether oxygens (including phenoxy) is 2. The molecule has 0 atom stereocenters. The van der Waals surface area contributed by atoms with Crippen molar-refractivity contribution in [3.63, 3.8) is 0 Å². The van der Waals surface area contributed by atoms with Crippen LogP contribution in [0.4, 0.5) is 8.78 Å². The highest BCUT2D eigenvalue weighted by molar-refractivity contribution is 6.17. The first-order valence-corrected chi connectivity index (χ1v) is 4.63. The zero-order valence-electron chi connectivity index (χ0n) is 8.26. The van der Waals surface area contributed by atoms with Crippen molar-refractivity contribution in [2.45, 2.75) is 12.3 Å². The van der Waals surface area contributed by atoms with Crippen molar-refractivity contribution in [2.24, 2.45) is 0 Å². The summed E-state index contributed by atoms with van der Waals surface area (Å²) in [6.07, 6.45) is -2.68. The predicted octanol–water partition coefficient (Wildman–Crippen LogP) is 2.78. The van der Waals surface area contributed by atoms with Crippen LogP contribution in [0.5, 0.6) is 11.6 Å². The molecular formula is C9H10ClF2NO2. The molecule has 0 aromatic carbocycles. The Morgan fingerprint density at radius 2 is 2.07 bits per heavy atom. The maximum atomic E-state index is 12.5. The summed E-state index contributed by atoms with van der Waals surface area (Å²) in [7, 11) is 2.74. The van der Waals surface area contributed by atoms with Gasteiger partial charge in [-0.3, -0.25) is 0 Å². The first kappa shape index (κ1) is 12.0. The molecule has 1 rings (SSSR count). The highest BCUT2D eigenvalue weighted by Gasteiger charge is 2.19. The second-order valence-electron chi connectivity index (χ2n) is 2.68. The number of alkyl halides is 3. The summed E-state index contributed by atoms with van der Waals surface area (Å²) < 4.78 is 34.8. The van der Waals surface area contributed by atoms with Crippen LogP contribution >= 0.6 is 11.6 Å². The van der Waals surface area contributed by atoms with Crippen LogP contribution in [0.3, 0.4) is 0 Å². The van der Waals surface area contributed by atoms with Crippen molar-refractivity contribution >= 4 is 11.6 Å². The van der Waals surface area contributed by atoms with Crippen molar-refractivity contribution in [1.82, 2.24) is 4.98 Å². The fourth-order valence-electron chi connectivity index (χ4n) is 1.12. The van der Waals surface area contributed by atoms with Gasteiger partial charge in [0.25, 0.3) is 12.3 Å². The van der Waals surface area contributed by atoms with Crippen molar-refractivity contribution in [3.8, 4) is 11.6 Å². The fourth-order valence-corrected chi connectivity index (χ4v) is 1.33. The number of pyridine rings is 1. The van der Waals surface area contributed by atoms with Gasteiger partial charge in [0.1, 0.15) is 5.69 Å². The minimum Gasteiger partial charge on any atom is -0.491 e. The first-order valence-electron chi connectivity index (χ1n) is 4.10. The van der Waals surface area contributed by atoms with Gasteiger partial charge in [0.05, 0.1) is 14.2 Å². The molecule has 0 unspecified atom stereocenters. The zero-order valence-corrected chi connectivity index (χ0v) is 9.02. The number of nitrogens with zero attached hydrogens (tertiary/aromatic N) is 1. The molecule has 0 radical (unpaired) electrons. The molecule has 0 fully saturated rings. The van der Waals surface area contributed by atoms with Crippen molar-refractivity contribution in [3.05, 3.63) is 17.3 Å². The van der Waals surface area contributed by atoms with Gasteiger partial charge in [-0.25, -0.2) is 13.8 Å². The number of hydrogen-bond donors (Lipinski definition) is 0. The Hall–Kier alpha value is -1.10. The highest BCUT2D eigenvalue weighted by Crippen LogP contribution is 2.32.